The summed E-state index contributed by atoms with van der Waals surface area (Å²) < 4.78 is 0. The van der Waals surface area contributed by atoms with E-state index in [0.717, 1.165) is 22.3 Å². The van der Waals surface area contributed by atoms with E-state index in [0.29, 0.717) is 11.4 Å². The van der Waals surface area contributed by atoms with Crippen molar-refractivity contribution in [1.29, 1.82) is 0 Å². The van der Waals surface area contributed by atoms with Gasteiger partial charge < -0.3 is 12.1 Å². The molecule has 1 aromatic heterocycles. The second-order valence-electron chi connectivity index (χ2n) is 5.35. The molecule has 3 rings (SSSR count). The van der Waals surface area contributed by atoms with Crippen LogP contribution in [0.5, 0.6) is 0 Å². The summed E-state index contributed by atoms with van der Waals surface area (Å²) in [5.41, 5.74) is 7.25. The molecule has 1 radical (unpaired) electrons. The van der Waals surface area contributed by atoms with Crippen LogP contribution in [0.3, 0.4) is 0 Å². The molecule has 0 spiro atoms. The minimum absolute atomic E-state index is 0. The first-order valence-corrected chi connectivity index (χ1v) is 7.49. The topological polar surface area (TPSA) is 70.1 Å². The second kappa shape index (κ2) is 10.7. The molecule has 1 heterocycles. The summed E-state index contributed by atoms with van der Waals surface area (Å²) >= 11 is 0. The Labute approximate surface area is 192 Å². The molecule has 0 aliphatic heterocycles. The van der Waals surface area contributed by atoms with E-state index in [9.17, 15) is 4.79 Å². The van der Waals surface area contributed by atoms with Gasteiger partial charge in [0.15, 0.2) is 0 Å². The average Bonchev–Trinajstić information content (AvgIpc) is 3.08. The summed E-state index contributed by atoms with van der Waals surface area (Å²) in [4.78, 5) is 12.1. The van der Waals surface area contributed by atoms with E-state index >= 15 is 0 Å². The van der Waals surface area contributed by atoms with E-state index < -0.39 is 0 Å². The quantitative estimate of drug-likeness (QED) is 0.279. The fraction of sp³-hybridized carbons (Fsp3) is 0.105. The van der Waals surface area contributed by atoms with Gasteiger partial charge in [0.05, 0.1) is 5.69 Å². The molecule has 26 heavy (non-hydrogen) atoms. The van der Waals surface area contributed by atoms with Gasteiger partial charge in [-0.1, -0.05) is 50.4 Å². The average molecular weight is 589 g/mol. The number of hydrogen-bond acceptors (Lipinski definition) is 3. The molecule has 129 valence electrons. The molecule has 3 aromatic rings. The maximum Gasteiger partial charge on any atom is 0.289 e. The van der Waals surface area contributed by atoms with Gasteiger partial charge in [-0.15, -0.1) is 0 Å². The first-order valence-electron chi connectivity index (χ1n) is 7.49. The normalized spacial score (nSPS) is 10.1. The van der Waals surface area contributed by atoms with Gasteiger partial charge in [-0.05, 0) is 6.07 Å². The van der Waals surface area contributed by atoms with E-state index in [1.165, 1.54) is 0 Å². The number of hydrazone groups is 1. The molecule has 2 N–H and O–H groups in total. The molecule has 1 amide bonds. The molecule has 0 fully saturated rings. The maximum atomic E-state index is 12.1. The molecule has 0 saturated heterocycles. The molecule has 0 saturated carbocycles. The van der Waals surface area contributed by atoms with Gasteiger partial charge in [0.2, 0.25) is 0 Å². The minimum atomic E-state index is -0.348. The molecule has 0 bridgehead atoms. The summed E-state index contributed by atoms with van der Waals surface area (Å²) in [6.45, 7) is 3.86. The second-order valence-corrected chi connectivity index (χ2v) is 5.35. The van der Waals surface area contributed by atoms with Crippen molar-refractivity contribution in [3.8, 4) is 11.3 Å². The third kappa shape index (κ3) is 5.80. The van der Waals surface area contributed by atoms with Gasteiger partial charge in [-0.25, -0.2) is 16.1 Å². The van der Waals surface area contributed by atoms with Crippen molar-refractivity contribution in [2.45, 2.75) is 13.8 Å². The Bertz CT molecular complexity index is 894. The first-order chi connectivity index (χ1) is 11.6. The fourth-order valence-corrected chi connectivity index (χ4v) is 2.23. The van der Waals surface area contributed by atoms with E-state index in [-0.39, 0.29) is 59.7 Å². The number of H-pyrrole nitrogens is 1. The van der Waals surface area contributed by atoms with E-state index in [1.807, 2.05) is 50.2 Å². The van der Waals surface area contributed by atoms with Crippen LogP contribution < -0.4 is 5.43 Å². The van der Waals surface area contributed by atoms with Crippen molar-refractivity contribution in [3.63, 3.8) is 0 Å². The number of carbonyl (C=O) groups excluding carboxylic acids is 1. The van der Waals surface area contributed by atoms with Crippen LogP contribution in [0.15, 0.2) is 47.6 Å². The molecule has 5 nitrogen and oxygen atoms in total. The Morgan fingerprint density at radius 1 is 1.27 bits per heavy atom. The van der Waals surface area contributed by atoms with Crippen molar-refractivity contribution < 1.29 is 58.6 Å². The van der Waals surface area contributed by atoms with Crippen LogP contribution in [0, 0.1) is 26.0 Å². The number of rotatable bonds is 4. The van der Waals surface area contributed by atoms with Crippen LogP contribution >= 0.6 is 0 Å². The SMILES string of the molecule is Cc1[c-]cc(C=NNC(=O)c2cc(-c3ccccc3)n[nH]2)c(C)[c-]1.[W].[Y]. The molecule has 0 atom stereocenters. The predicted molar refractivity (Wildman–Crippen MR) is 92.7 cm³/mol. The number of aryl methyl sites for hydroxylation is 2. The number of benzene rings is 2. The number of hydrogen-bond donors (Lipinski definition) is 2. The van der Waals surface area contributed by atoms with Gasteiger partial charge in [-0.2, -0.15) is 5.10 Å². The number of aromatic amines is 1. The van der Waals surface area contributed by atoms with Crippen LogP contribution in [0.25, 0.3) is 11.3 Å². The molecule has 0 aliphatic rings. The third-order valence-corrected chi connectivity index (χ3v) is 3.51. The number of nitrogens with zero attached hydrogens (tertiary/aromatic N) is 2. The Hall–Kier alpha value is -1.42. The molecular weight excluding hydrogens is 573 g/mol. The first kappa shape index (κ1) is 22.6. The van der Waals surface area contributed by atoms with Gasteiger partial charge in [0, 0.05) is 59.3 Å². The standard InChI is InChI=1S/C19H16N4O.W.Y/c1-13-8-9-16(14(2)10-13)12-20-23-19(24)18-11-17(21-22-18)15-6-4-3-5-7-15;;/h3-7,9,11-12H,1-2H3,(H,21,22)(H,23,24);;/q-2;;. The van der Waals surface area contributed by atoms with Crippen LogP contribution in [0.1, 0.15) is 27.2 Å². The zero-order chi connectivity index (χ0) is 16.9. The maximum absolute atomic E-state index is 12.1. The van der Waals surface area contributed by atoms with Crippen molar-refractivity contribution in [1.82, 2.24) is 15.6 Å². The fourth-order valence-electron chi connectivity index (χ4n) is 2.23. The van der Waals surface area contributed by atoms with Crippen LogP contribution in [0.2, 0.25) is 0 Å². The van der Waals surface area contributed by atoms with Gasteiger partial charge in [0.25, 0.3) is 5.91 Å². The van der Waals surface area contributed by atoms with Crippen LogP contribution in [0.4, 0.5) is 0 Å². The van der Waals surface area contributed by atoms with E-state index in [1.54, 1.807) is 12.3 Å². The van der Waals surface area contributed by atoms with Crippen molar-refractivity contribution >= 4 is 12.1 Å². The van der Waals surface area contributed by atoms with E-state index in [2.05, 4.69) is 32.9 Å². The summed E-state index contributed by atoms with van der Waals surface area (Å²) in [7, 11) is 0. The Morgan fingerprint density at radius 2 is 2.00 bits per heavy atom. The molecule has 0 aliphatic carbocycles. The summed E-state index contributed by atoms with van der Waals surface area (Å²) in [6.07, 6.45) is 1.58. The summed E-state index contributed by atoms with van der Waals surface area (Å²) in [6, 6.07) is 19.4. The molecule has 7 heteroatoms. The number of amides is 1. The van der Waals surface area contributed by atoms with Gasteiger partial charge in [0.1, 0.15) is 5.69 Å². The summed E-state index contributed by atoms with van der Waals surface area (Å²) in [5.74, 6) is -0.348. The van der Waals surface area contributed by atoms with Gasteiger partial charge in [-0.3, -0.25) is 27.1 Å². The van der Waals surface area contributed by atoms with Gasteiger partial charge >= 0.3 is 0 Å². The summed E-state index contributed by atoms with van der Waals surface area (Å²) in [5, 5.41) is 10.9. The monoisotopic (exact) mass is 589 g/mol. The number of nitrogens with one attached hydrogen (secondary N) is 2. The molecule has 2 aromatic carbocycles. The number of aromatic nitrogens is 2. The smallest absolute Gasteiger partial charge is 0.289 e. The Kier molecular flexibility index (Phi) is 9.28. The Morgan fingerprint density at radius 3 is 2.69 bits per heavy atom. The van der Waals surface area contributed by atoms with E-state index in [4.69, 9.17) is 0 Å². The van der Waals surface area contributed by atoms with Crippen LogP contribution in [-0.2, 0) is 53.8 Å². The Balaban J connectivity index is 0.00000169. The molecule has 0 unspecified atom stereocenters. The molecular formula is C19H16N4OWY-2. The van der Waals surface area contributed by atoms with Crippen LogP contribution in [-0.4, -0.2) is 22.3 Å². The van der Waals surface area contributed by atoms with Crippen molar-refractivity contribution in [2.75, 3.05) is 0 Å². The minimum Gasteiger partial charge on any atom is -0.355 e. The zero-order valence-electron chi connectivity index (χ0n) is 14.4. The predicted octanol–water partition coefficient (Wildman–Crippen LogP) is 3.05. The largest absolute Gasteiger partial charge is 0.355 e. The zero-order valence-corrected chi connectivity index (χ0v) is 20.2. The third-order valence-electron chi connectivity index (χ3n) is 3.51. The van der Waals surface area contributed by atoms with Crippen molar-refractivity contribution in [3.05, 3.63) is 77.0 Å². The van der Waals surface area contributed by atoms with Crippen molar-refractivity contribution in [2.24, 2.45) is 5.10 Å². The number of carbonyl (C=O) groups is 1.